The number of carbonyl (C=O) groups excluding carboxylic acids is 2. The van der Waals surface area contributed by atoms with Gasteiger partial charge in [-0.3, -0.25) is 14.5 Å². The van der Waals surface area contributed by atoms with Crippen LogP contribution in [0.1, 0.15) is 38.1 Å². The first-order chi connectivity index (χ1) is 15.4. The third kappa shape index (κ3) is 5.44. The Morgan fingerprint density at radius 1 is 1.19 bits per heavy atom. The molecule has 3 aliphatic heterocycles. The van der Waals surface area contributed by atoms with E-state index in [9.17, 15) is 9.59 Å². The molecule has 0 bridgehead atoms. The number of likely N-dealkylation sites (tertiary alicyclic amines) is 1. The fourth-order valence-electron chi connectivity index (χ4n) is 5.26. The van der Waals surface area contributed by atoms with Crippen molar-refractivity contribution in [1.82, 2.24) is 25.1 Å². The predicted molar refractivity (Wildman–Crippen MR) is 118 cm³/mol. The summed E-state index contributed by atoms with van der Waals surface area (Å²) >= 11 is 0. The lowest BCUT2D eigenvalue weighted by atomic mass is 9.84. The highest BCUT2D eigenvalue weighted by Gasteiger charge is 2.51. The van der Waals surface area contributed by atoms with Crippen LogP contribution in [0, 0.1) is 18.8 Å². The van der Waals surface area contributed by atoms with E-state index < -0.39 is 0 Å². The molecule has 0 aliphatic carbocycles. The van der Waals surface area contributed by atoms with E-state index in [1.807, 2.05) is 38.1 Å². The highest BCUT2D eigenvalue weighted by Crippen LogP contribution is 2.42. The van der Waals surface area contributed by atoms with Crippen LogP contribution in [0.5, 0.6) is 0 Å². The molecule has 176 valence electrons. The number of aryl methyl sites for hydroxylation is 1. The van der Waals surface area contributed by atoms with Crippen LogP contribution in [0.15, 0.2) is 12.4 Å². The Kier molecular flexibility index (Phi) is 7.37. The Hall–Kier alpha value is -2.10. The van der Waals surface area contributed by atoms with Gasteiger partial charge in [0.1, 0.15) is 5.82 Å². The van der Waals surface area contributed by atoms with Gasteiger partial charge in [-0.1, -0.05) is 0 Å². The van der Waals surface area contributed by atoms with E-state index in [1.165, 1.54) is 0 Å². The summed E-state index contributed by atoms with van der Waals surface area (Å²) in [6.07, 6.45) is 4.39. The number of aromatic nitrogens is 2. The van der Waals surface area contributed by atoms with Gasteiger partial charge < -0.3 is 19.7 Å². The molecule has 1 aromatic heterocycles. The monoisotopic (exact) mass is 445 g/mol. The number of ether oxygens (including phenoxy) is 2. The largest absolute Gasteiger partial charge is 0.378 e. The van der Waals surface area contributed by atoms with E-state index in [1.54, 1.807) is 0 Å². The smallest absolute Gasteiger partial charge is 0.225 e. The maximum Gasteiger partial charge on any atom is 0.225 e. The zero-order valence-electron chi connectivity index (χ0n) is 19.3. The third-order valence-electron chi connectivity index (χ3n) is 6.69. The second-order valence-electron chi connectivity index (χ2n) is 9.47. The quantitative estimate of drug-likeness (QED) is 0.662. The van der Waals surface area contributed by atoms with E-state index in [0.29, 0.717) is 45.8 Å². The van der Waals surface area contributed by atoms with Crippen LogP contribution in [-0.4, -0.2) is 89.2 Å². The SMILES string of the molecule is Cc1ncc(CN2C[C@@H](CC(=O)NC(C)C)[C@H]3[C@H](CC(=O)N4CCOCC4)OC[C@H]32)cn1. The van der Waals surface area contributed by atoms with Crippen LogP contribution < -0.4 is 5.32 Å². The van der Waals surface area contributed by atoms with Crippen LogP contribution in [0.2, 0.25) is 0 Å². The maximum absolute atomic E-state index is 12.9. The fourth-order valence-corrected chi connectivity index (χ4v) is 5.26. The number of rotatable bonds is 7. The van der Waals surface area contributed by atoms with Crippen molar-refractivity contribution in [3.05, 3.63) is 23.8 Å². The summed E-state index contributed by atoms with van der Waals surface area (Å²) in [5.74, 6) is 1.24. The van der Waals surface area contributed by atoms with Gasteiger partial charge in [-0.25, -0.2) is 9.97 Å². The molecular formula is C23H35N5O4. The number of amides is 2. The van der Waals surface area contributed by atoms with Crippen molar-refractivity contribution in [1.29, 1.82) is 0 Å². The molecule has 0 saturated carbocycles. The van der Waals surface area contributed by atoms with Crippen LogP contribution in [0.25, 0.3) is 0 Å². The number of hydrogen-bond donors (Lipinski definition) is 1. The molecule has 0 spiro atoms. The molecule has 4 heterocycles. The lowest BCUT2D eigenvalue weighted by Gasteiger charge is -2.29. The molecule has 9 nitrogen and oxygen atoms in total. The van der Waals surface area contributed by atoms with Gasteiger partial charge in [-0.05, 0) is 26.7 Å². The first kappa shape index (κ1) is 23.1. The summed E-state index contributed by atoms with van der Waals surface area (Å²) in [6, 6.07) is 0.301. The van der Waals surface area contributed by atoms with Crippen LogP contribution in [0.3, 0.4) is 0 Å². The Morgan fingerprint density at radius 2 is 1.91 bits per heavy atom. The Labute approximate surface area is 189 Å². The van der Waals surface area contributed by atoms with E-state index >= 15 is 0 Å². The van der Waals surface area contributed by atoms with Gasteiger partial charge in [0.25, 0.3) is 0 Å². The summed E-state index contributed by atoms with van der Waals surface area (Å²) < 4.78 is 11.6. The predicted octanol–water partition coefficient (Wildman–Crippen LogP) is 0.764. The summed E-state index contributed by atoms with van der Waals surface area (Å²) in [6.45, 7) is 10.4. The Balaban J connectivity index is 1.46. The molecule has 3 fully saturated rings. The second-order valence-corrected chi connectivity index (χ2v) is 9.47. The van der Waals surface area contributed by atoms with Crippen molar-refractivity contribution < 1.29 is 19.1 Å². The molecule has 4 atom stereocenters. The average molecular weight is 446 g/mol. The van der Waals surface area contributed by atoms with Gasteiger partial charge in [0.2, 0.25) is 11.8 Å². The van der Waals surface area contributed by atoms with Gasteiger partial charge in [0.15, 0.2) is 0 Å². The van der Waals surface area contributed by atoms with Crippen LogP contribution in [0.4, 0.5) is 0 Å². The van der Waals surface area contributed by atoms with Crippen LogP contribution >= 0.6 is 0 Å². The normalized spacial score (nSPS) is 28.2. The first-order valence-corrected chi connectivity index (χ1v) is 11.7. The van der Waals surface area contributed by atoms with Gasteiger partial charge in [0.05, 0.1) is 32.3 Å². The summed E-state index contributed by atoms with van der Waals surface area (Å²) in [7, 11) is 0. The van der Waals surface area contributed by atoms with Crippen molar-refractivity contribution >= 4 is 11.8 Å². The molecule has 9 heteroatoms. The molecule has 32 heavy (non-hydrogen) atoms. The highest BCUT2D eigenvalue weighted by molar-refractivity contribution is 5.77. The Bertz CT molecular complexity index is 796. The summed E-state index contributed by atoms with van der Waals surface area (Å²) in [4.78, 5) is 38.4. The van der Waals surface area contributed by atoms with Crippen LogP contribution in [-0.2, 0) is 25.6 Å². The van der Waals surface area contributed by atoms with Gasteiger partial charge >= 0.3 is 0 Å². The number of nitrogens with zero attached hydrogens (tertiary/aromatic N) is 4. The van der Waals surface area contributed by atoms with E-state index in [0.717, 1.165) is 24.5 Å². The zero-order chi connectivity index (χ0) is 22.7. The molecule has 0 unspecified atom stereocenters. The zero-order valence-corrected chi connectivity index (χ0v) is 19.3. The molecule has 3 saturated heterocycles. The van der Waals surface area contributed by atoms with Crippen molar-refractivity contribution in [3.63, 3.8) is 0 Å². The standard InChI is InChI=1S/C23H35N5O4/c1-15(2)26-21(29)8-18-13-28(12-17-10-24-16(3)25-11-17)19-14-32-20(23(18)19)9-22(30)27-4-6-31-7-5-27/h10-11,15,18-20,23H,4-9,12-14H2,1-3H3,(H,26,29)/t18-,19-,20+,23-/m1/s1. The molecular weight excluding hydrogens is 410 g/mol. The van der Waals surface area contributed by atoms with E-state index in [-0.39, 0.29) is 41.8 Å². The minimum absolute atomic E-state index is 0.0643. The molecule has 4 rings (SSSR count). The summed E-state index contributed by atoms with van der Waals surface area (Å²) in [5.41, 5.74) is 1.05. The maximum atomic E-state index is 12.9. The molecule has 0 aromatic carbocycles. The molecule has 3 aliphatic rings. The minimum atomic E-state index is -0.161. The van der Waals surface area contributed by atoms with Crippen molar-refractivity contribution in [2.45, 2.75) is 58.3 Å². The number of carbonyl (C=O) groups is 2. The third-order valence-corrected chi connectivity index (χ3v) is 6.69. The van der Waals surface area contributed by atoms with Crippen molar-refractivity contribution in [2.75, 3.05) is 39.5 Å². The molecule has 1 N–H and O–H groups in total. The van der Waals surface area contributed by atoms with Gasteiger partial charge in [-0.15, -0.1) is 0 Å². The molecule has 0 radical (unpaired) electrons. The first-order valence-electron chi connectivity index (χ1n) is 11.7. The number of morpholine rings is 1. The lowest BCUT2D eigenvalue weighted by Crippen LogP contribution is -2.43. The highest BCUT2D eigenvalue weighted by atomic mass is 16.5. The van der Waals surface area contributed by atoms with Gasteiger partial charge in [0, 0.05) is 68.6 Å². The number of fused-ring (bicyclic) bond motifs is 1. The number of hydrogen-bond acceptors (Lipinski definition) is 7. The average Bonchev–Trinajstić information content (AvgIpc) is 3.31. The number of nitrogens with one attached hydrogen (secondary N) is 1. The van der Waals surface area contributed by atoms with Crippen molar-refractivity contribution in [3.8, 4) is 0 Å². The molecule has 1 aromatic rings. The minimum Gasteiger partial charge on any atom is -0.378 e. The lowest BCUT2D eigenvalue weighted by molar-refractivity contribution is -0.138. The topological polar surface area (TPSA) is 96.9 Å². The van der Waals surface area contributed by atoms with E-state index in [2.05, 4.69) is 20.2 Å². The fraction of sp³-hybridized carbons (Fsp3) is 0.739. The van der Waals surface area contributed by atoms with Gasteiger partial charge in [-0.2, -0.15) is 0 Å². The van der Waals surface area contributed by atoms with E-state index in [4.69, 9.17) is 9.47 Å². The second kappa shape index (κ2) is 10.2. The van der Waals surface area contributed by atoms with Crippen molar-refractivity contribution in [2.24, 2.45) is 11.8 Å². The summed E-state index contributed by atoms with van der Waals surface area (Å²) in [5, 5.41) is 3.02. The Morgan fingerprint density at radius 3 is 2.59 bits per heavy atom. The molecule has 2 amide bonds.